The monoisotopic (exact) mass is 549 g/mol. The SMILES string of the molecule is NCCOCCOCc1ccc(-c2[nH]n(-c3nc4ccc(Cl)cc4[nH]3)c(=O)c2CCc2ccc(F)cc2)cc1. The molecule has 8 nitrogen and oxygen atoms in total. The average Bonchev–Trinajstić information content (AvgIpc) is 3.51. The zero-order valence-electron chi connectivity index (χ0n) is 21.3. The number of nitrogens with one attached hydrogen (secondary N) is 2. The summed E-state index contributed by atoms with van der Waals surface area (Å²) >= 11 is 6.13. The molecule has 39 heavy (non-hydrogen) atoms. The Morgan fingerprint density at radius 3 is 2.44 bits per heavy atom. The second-order valence-corrected chi connectivity index (χ2v) is 9.54. The van der Waals surface area contributed by atoms with Gasteiger partial charge in [-0.3, -0.25) is 9.89 Å². The third-order valence-electron chi connectivity index (χ3n) is 6.35. The van der Waals surface area contributed by atoms with Crippen molar-refractivity contribution in [3.8, 4) is 17.2 Å². The first-order valence-electron chi connectivity index (χ1n) is 12.7. The molecule has 0 saturated carbocycles. The van der Waals surface area contributed by atoms with Crippen LogP contribution >= 0.6 is 11.6 Å². The Labute approximate surface area is 229 Å². The largest absolute Gasteiger partial charge is 0.378 e. The predicted octanol–water partition coefficient (Wildman–Crippen LogP) is 4.78. The van der Waals surface area contributed by atoms with Gasteiger partial charge in [0.1, 0.15) is 5.82 Å². The van der Waals surface area contributed by atoms with Crippen LogP contribution in [0.3, 0.4) is 0 Å². The fourth-order valence-corrected chi connectivity index (χ4v) is 4.52. The van der Waals surface area contributed by atoms with Crippen LogP contribution in [0.5, 0.6) is 0 Å². The summed E-state index contributed by atoms with van der Waals surface area (Å²) < 4.78 is 25.8. The number of aromatic amines is 2. The van der Waals surface area contributed by atoms with Crippen LogP contribution in [0, 0.1) is 5.82 Å². The lowest BCUT2D eigenvalue weighted by atomic mass is 10.0. The fourth-order valence-electron chi connectivity index (χ4n) is 4.35. The summed E-state index contributed by atoms with van der Waals surface area (Å²) in [6.07, 6.45) is 1.04. The molecule has 5 rings (SSSR count). The number of aromatic nitrogens is 4. The van der Waals surface area contributed by atoms with Gasteiger partial charge in [-0.25, -0.2) is 9.37 Å². The molecule has 0 unspecified atom stereocenters. The van der Waals surface area contributed by atoms with E-state index in [-0.39, 0.29) is 11.4 Å². The van der Waals surface area contributed by atoms with Gasteiger partial charge in [-0.2, -0.15) is 4.68 Å². The number of nitrogens with zero attached hydrogens (tertiary/aromatic N) is 2. The lowest BCUT2D eigenvalue weighted by molar-refractivity contribution is 0.0433. The number of halogens is 2. The van der Waals surface area contributed by atoms with Crippen LogP contribution in [0.2, 0.25) is 5.02 Å². The van der Waals surface area contributed by atoms with Crippen LogP contribution in [-0.4, -0.2) is 46.1 Å². The minimum absolute atomic E-state index is 0.206. The summed E-state index contributed by atoms with van der Waals surface area (Å²) in [5, 5.41) is 3.83. The maximum atomic E-state index is 13.6. The molecule has 5 aromatic rings. The van der Waals surface area contributed by atoms with E-state index in [0.29, 0.717) is 73.6 Å². The number of imidazole rings is 1. The molecule has 0 aliphatic rings. The van der Waals surface area contributed by atoms with Crippen LogP contribution in [-0.2, 0) is 28.9 Å². The highest BCUT2D eigenvalue weighted by molar-refractivity contribution is 6.31. The van der Waals surface area contributed by atoms with Gasteiger partial charge in [-0.05, 0) is 59.9 Å². The van der Waals surface area contributed by atoms with Crippen LogP contribution < -0.4 is 11.3 Å². The lowest BCUT2D eigenvalue weighted by Gasteiger charge is -2.07. The number of ether oxygens (including phenoxy) is 2. The molecular formula is C29H29ClFN5O3. The van der Waals surface area contributed by atoms with E-state index >= 15 is 0 Å². The summed E-state index contributed by atoms with van der Waals surface area (Å²) in [6.45, 7) is 2.43. The van der Waals surface area contributed by atoms with Gasteiger partial charge in [-0.15, -0.1) is 0 Å². The molecule has 0 spiro atoms. The molecule has 202 valence electrons. The molecule has 3 aromatic carbocycles. The Kier molecular flexibility index (Phi) is 8.53. The van der Waals surface area contributed by atoms with Crippen molar-refractivity contribution >= 4 is 22.6 Å². The second-order valence-electron chi connectivity index (χ2n) is 9.10. The van der Waals surface area contributed by atoms with Crippen LogP contribution in [0.25, 0.3) is 28.2 Å². The van der Waals surface area contributed by atoms with E-state index in [4.69, 9.17) is 26.8 Å². The fraction of sp³-hybridized carbons (Fsp3) is 0.241. The van der Waals surface area contributed by atoms with E-state index < -0.39 is 0 Å². The van der Waals surface area contributed by atoms with Gasteiger partial charge in [0.25, 0.3) is 5.56 Å². The topological polar surface area (TPSA) is 111 Å². The number of hydrogen-bond donors (Lipinski definition) is 3. The molecular weight excluding hydrogens is 521 g/mol. The smallest absolute Gasteiger partial charge is 0.277 e. The summed E-state index contributed by atoms with van der Waals surface area (Å²) in [6, 6.07) is 19.5. The number of benzene rings is 3. The van der Waals surface area contributed by atoms with Gasteiger partial charge in [0.05, 0.1) is 43.2 Å². The van der Waals surface area contributed by atoms with Crippen LogP contribution in [0.4, 0.5) is 4.39 Å². The first-order valence-corrected chi connectivity index (χ1v) is 13.1. The first-order chi connectivity index (χ1) is 19.0. The highest BCUT2D eigenvalue weighted by atomic mass is 35.5. The molecule has 2 aromatic heterocycles. The third kappa shape index (κ3) is 6.46. The van der Waals surface area contributed by atoms with Crippen molar-refractivity contribution in [2.45, 2.75) is 19.4 Å². The zero-order chi connectivity index (χ0) is 27.2. The number of aryl methyl sites for hydroxylation is 1. The summed E-state index contributed by atoms with van der Waals surface area (Å²) in [4.78, 5) is 21.4. The minimum atomic E-state index is -0.291. The van der Waals surface area contributed by atoms with Gasteiger partial charge in [0, 0.05) is 17.1 Å². The highest BCUT2D eigenvalue weighted by Gasteiger charge is 2.19. The highest BCUT2D eigenvalue weighted by Crippen LogP contribution is 2.24. The lowest BCUT2D eigenvalue weighted by Crippen LogP contribution is -2.18. The Morgan fingerprint density at radius 1 is 0.923 bits per heavy atom. The van der Waals surface area contributed by atoms with E-state index in [1.165, 1.54) is 16.8 Å². The summed E-state index contributed by atoms with van der Waals surface area (Å²) in [5.74, 6) is 0.0778. The van der Waals surface area contributed by atoms with Gasteiger partial charge in [0.15, 0.2) is 0 Å². The van der Waals surface area contributed by atoms with Gasteiger partial charge in [0.2, 0.25) is 5.95 Å². The molecule has 4 N–H and O–H groups in total. The van der Waals surface area contributed by atoms with E-state index in [2.05, 4.69) is 15.1 Å². The quantitative estimate of drug-likeness (QED) is 0.194. The Balaban J connectivity index is 1.42. The molecule has 0 atom stereocenters. The number of rotatable bonds is 12. The molecule has 0 fully saturated rings. The minimum Gasteiger partial charge on any atom is -0.378 e. The Morgan fingerprint density at radius 2 is 1.67 bits per heavy atom. The summed E-state index contributed by atoms with van der Waals surface area (Å²) in [5.41, 5.74) is 10.7. The van der Waals surface area contributed by atoms with E-state index in [9.17, 15) is 9.18 Å². The van der Waals surface area contributed by atoms with Crippen molar-refractivity contribution in [3.05, 3.63) is 105 Å². The maximum absolute atomic E-state index is 13.6. The predicted molar refractivity (Wildman–Crippen MR) is 150 cm³/mol. The number of nitrogens with two attached hydrogens (primary N) is 1. The van der Waals surface area contributed by atoms with Crippen molar-refractivity contribution < 1.29 is 13.9 Å². The number of H-pyrrole nitrogens is 2. The van der Waals surface area contributed by atoms with E-state index in [0.717, 1.165) is 22.2 Å². The molecule has 0 bridgehead atoms. The molecule has 10 heteroatoms. The van der Waals surface area contributed by atoms with Crippen molar-refractivity contribution in [2.24, 2.45) is 5.73 Å². The van der Waals surface area contributed by atoms with Crippen LogP contribution in [0.1, 0.15) is 16.7 Å². The standard InChI is InChI=1S/C29H29ClFN5O3/c30-22-8-12-25-26(17-22)34-29(33-25)36-28(37)24(11-5-19-3-9-23(31)10-4-19)27(35-36)21-6-1-20(2-7-21)18-39-16-15-38-14-13-32/h1-4,6-10,12,17,35H,5,11,13-16,18,32H2,(H,33,34). The van der Waals surface area contributed by atoms with E-state index in [1.54, 1.807) is 30.3 Å². The average molecular weight is 550 g/mol. The van der Waals surface area contributed by atoms with Crippen molar-refractivity contribution in [1.82, 2.24) is 19.7 Å². The Bertz CT molecular complexity index is 1590. The van der Waals surface area contributed by atoms with E-state index in [1.807, 2.05) is 24.3 Å². The van der Waals surface area contributed by atoms with Crippen molar-refractivity contribution in [2.75, 3.05) is 26.4 Å². The molecule has 0 radical (unpaired) electrons. The molecule has 2 heterocycles. The molecule has 0 aliphatic carbocycles. The van der Waals surface area contributed by atoms with Crippen LogP contribution in [0.15, 0.2) is 71.5 Å². The van der Waals surface area contributed by atoms with Gasteiger partial charge < -0.3 is 20.2 Å². The maximum Gasteiger partial charge on any atom is 0.277 e. The van der Waals surface area contributed by atoms with Gasteiger partial charge in [-0.1, -0.05) is 48.0 Å². The van der Waals surface area contributed by atoms with Crippen molar-refractivity contribution in [3.63, 3.8) is 0 Å². The van der Waals surface area contributed by atoms with Gasteiger partial charge >= 0.3 is 0 Å². The number of fused-ring (bicyclic) bond motifs is 1. The first kappa shape index (κ1) is 26.8. The third-order valence-corrected chi connectivity index (χ3v) is 6.59. The summed E-state index contributed by atoms with van der Waals surface area (Å²) in [7, 11) is 0. The Hall–Kier alpha value is -3.76. The molecule has 0 aliphatic heterocycles. The number of hydrogen-bond acceptors (Lipinski definition) is 5. The second kappa shape index (κ2) is 12.4. The normalized spacial score (nSPS) is 11.5. The zero-order valence-corrected chi connectivity index (χ0v) is 22.0. The molecule has 0 amide bonds. The molecule has 0 saturated heterocycles. The van der Waals surface area contributed by atoms with Crippen molar-refractivity contribution in [1.29, 1.82) is 0 Å².